The molecule has 7 fully saturated rings. The molecule has 130 heavy (non-hydrogen) atoms. The van der Waals surface area contributed by atoms with Crippen LogP contribution < -0.4 is 0 Å². The zero-order valence-electron chi connectivity index (χ0n) is 67.7. The van der Waals surface area contributed by atoms with Crippen LogP contribution in [0.25, 0.3) is 41.8 Å². The highest BCUT2D eigenvalue weighted by Gasteiger charge is 2.61. The number of rotatable bonds is 17. The van der Waals surface area contributed by atoms with E-state index < -0.39 is 243 Å². The molecule has 0 radical (unpaired) electrons. The summed E-state index contributed by atoms with van der Waals surface area (Å²) in [6.45, 7) is 6.70. The van der Waals surface area contributed by atoms with Crippen LogP contribution in [0.3, 0.4) is 0 Å². The van der Waals surface area contributed by atoms with Gasteiger partial charge in [0.05, 0.1) is 64.3 Å². The molecule has 14 aliphatic heterocycles. The molecule has 0 unspecified atom stereocenters. The fourth-order valence-electron chi connectivity index (χ4n) is 14.1. The van der Waals surface area contributed by atoms with Gasteiger partial charge in [-0.15, -0.1) is 0 Å². The molecule has 7 N–H and O–H groups in total. The van der Waals surface area contributed by atoms with Crippen LogP contribution >= 0.6 is 67.8 Å². The number of amides is 7. The van der Waals surface area contributed by atoms with Crippen molar-refractivity contribution in [1.29, 1.82) is 0 Å². The lowest BCUT2D eigenvalue weighted by atomic mass is 9.93. The third-order valence-corrected chi connectivity index (χ3v) is 24.6. The van der Waals surface area contributed by atoms with Crippen LogP contribution in [0.4, 0.5) is 30.7 Å². The van der Waals surface area contributed by atoms with Crippen LogP contribution in [0.5, 0.6) is 0 Å². The van der Waals surface area contributed by atoms with Gasteiger partial charge in [0, 0.05) is 88.2 Å². The molecule has 0 aromatic carbocycles. The zero-order valence-corrected chi connectivity index (χ0v) is 74.2. The number of alkyl halides is 10. The largest absolute Gasteiger partial charge is 0.469 e. The van der Waals surface area contributed by atoms with E-state index in [1.807, 2.05) is 45.2 Å². The number of nitrogens with zero attached hydrogens (tertiary/aromatic N) is 19. The minimum absolute atomic E-state index is 0.0115. The summed E-state index contributed by atoms with van der Waals surface area (Å²) in [5.41, 5.74) is 27.6. The molecule has 0 spiro atoms. The van der Waals surface area contributed by atoms with E-state index in [9.17, 15) is 123 Å². The van der Waals surface area contributed by atoms with Crippen molar-refractivity contribution in [2.75, 3.05) is 26.5 Å². The van der Waals surface area contributed by atoms with E-state index in [1.165, 1.54) is 42.9 Å². The lowest BCUT2D eigenvalue weighted by Gasteiger charge is -2.30. The van der Waals surface area contributed by atoms with E-state index in [2.05, 4.69) is 46.7 Å². The van der Waals surface area contributed by atoms with Crippen LogP contribution in [0, 0.1) is 11.8 Å². The highest BCUT2D eigenvalue weighted by Crippen LogP contribution is 2.46. The monoisotopic (exact) mass is 2190 g/mol. The summed E-state index contributed by atoms with van der Waals surface area (Å²) >= 11 is 5.71. The van der Waals surface area contributed by atoms with E-state index in [0.29, 0.717) is 10.8 Å². The molecule has 0 aromatic rings. The summed E-state index contributed by atoms with van der Waals surface area (Å²) < 4.78 is 136. The molecule has 7 amide bonds. The zero-order chi connectivity index (χ0) is 96.7. The number of ether oxygens (including phenoxy) is 7. The van der Waals surface area contributed by atoms with E-state index in [-0.39, 0.29) is 75.6 Å². The average Bonchev–Trinajstić information content (AvgIpc) is 1.62. The molecular formula is C73H81F7I3N19O28. The van der Waals surface area contributed by atoms with Crippen molar-refractivity contribution in [3.8, 4) is 0 Å². The van der Waals surface area contributed by atoms with Gasteiger partial charge in [0.1, 0.15) is 42.4 Å². The van der Waals surface area contributed by atoms with Gasteiger partial charge < -0.3 is 68.9 Å². The normalized spacial score (nSPS) is 37.0. The second kappa shape index (κ2) is 45.5. The van der Waals surface area contributed by atoms with E-state index in [0.717, 1.165) is 77.3 Å². The van der Waals surface area contributed by atoms with Crippen molar-refractivity contribution < 1.29 is 167 Å². The Labute approximate surface area is 769 Å². The Morgan fingerprint density at radius 2 is 0.654 bits per heavy atom. The topological polar surface area (TPSA) is 663 Å². The predicted octanol–water partition coefficient (Wildman–Crippen LogP) is 3.02. The first-order valence-electron chi connectivity index (χ1n) is 38.5. The molecule has 706 valence electrons. The first-order chi connectivity index (χ1) is 61.4. The molecule has 0 aromatic heterocycles. The Morgan fingerprint density at radius 1 is 0.392 bits per heavy atom. The standard InChI is InChI=1S/C12H15FN4O3.C11H12FIN4O3.C10H10FIN4O4.C10H11FINO4.C10H11FN4O5.C10H12FNO5.C10H10FNO4/c1-3-12(15-16-14)7(2)10(13)11(20-12)17-5-4-8(18)6-9(17)19;1-6-9(12)10(20-11(6,5-13)15-16-14)17-3-2-7(18)4-8(17)19;11-7-8(19)10(4-12,14-15-13)20-9(7)16-2-1-5(17)3-6(16)18;11-8-9(16)6(4-12)17-10(8)13-2-1-5(14)3-7(13)15;11-7-8(19)10(4-16,13-14-12)20-9(7)15-2-1-5(17)3-6(15)18;11-8-9(16)6(4-13)17-10(8)12-2-1-5(14)3-7(12)15;1-5-9(15)8(11)10(16-5)12-3-2-6(13)4-7(12)14/h4-5,7,10-11H,3,6H2,1-2H3;2-3,6,9-10H,4-5H2,1H3;1-2,7-9,19H,3-4H2;1-2,6,8-10,16H,3-4H2;1-2,7-9,16,19H,3-4H2;1-2,6,8-10,13,16H,3-4H2;2-3,8-10,15H,1,4H2/t7-,10+,11+,12+;6-,9+,10+,11+;7-,8+,9-,10-;6-,8-,9-,10-;7-,8+,9-,10-;6-,8-,9-,10-;8-,9-,10-/m0011111/s1. The van der Waals surface area contributed by atoms with Crippen LogP contribution in [-0.2, 0) is 100 Å². The van der Waals surface area contributed by atoms with Gasteiger partial charge >= 0.3 is 0 Å². The van der Waals surface area contributed by atoms with Crippen molar-refractivity contribution in [1.82, 2.24) is 34.3 Å². The lowest BCUT2D eigenvalue weighted by molar-refractivity contribution is -0.159. The van der Waals surface area contributed by atoms with Crippen molar-refractivity contribution in [3.05, 3.63) is 140 Å². The molecule has 0 bridgehead atoms. The van der Waals surface area contributed by atoms with E-state index in [1.54, 1.807) is 43.4 Å². The molecule has 47 nitrogen and oxygen atoms in total. The van der Waals surface area contributed by atoms with Crippen LogP contribution in [0.1, 0.15) is 72.1 Å². The second-order valence-corrected chi connectivity index (χ2v) is 32.1. The Morgan fingerprint density at radius 3 is 0.931 bits per heavy atom. The maximum atomic E-state index is 14.4. The number of halogens is 10. The Bertz CT molecular complexity index is 4420. The fourth-order valence-corrected chi connectivity index (χ4v) is 16.7. The average molecular weight is 2190 g/mol. The van der Waals surface area contributed by atoms with Gasteiger partial charge in [-0.25, -0.2) is 30.7 Å². The highest BCUT2D eigenvalue weighted by atomic mass is 127. The number of ketones is 7. The number of aliphatic hydroxyl groups is 7. The van der Waals surface area contributed by atoms with Crippen LogP contribution in [0.2, 0.25) is 0 Å². The molecule has 0 saturated carbocycles. The number of aliphatic hydroxyl groups excluding tert-OH is 7. The summed E-state index contributed by atoms with van der Waals surface area (Å²) in [5.74, 6) is -8.06. The first kappa shape index (κ1) is 105. The molecular weight excluding hydrogens is 2100 g/mol. The molecule has 0 aliphatic carbocycles. The Balaban J connectivity index is 0.000000187. The second-order valence-electron chi connectivity index (χ2n) is 29.7. The molecule has 57 heteroatoms. The minimum Gasteiger partial charge on any atom is -0.469 e. The number of azide groups is 4. The quantitative estimate of drug-likeness (QED) is 0.0209. The number of carbonyl (C=O) groups is 14. The summed E-state index contributed by atoms with van der Waals surface area (Å²) in [6, 6.07) is 0. The van der Waals surface area contributed by atoms with Crippen LogP contribution in [0.15, 0.2) is 119 Å². The number of allylic oxidation sites excluding steroid dienone is 7. The minimum atomic E-state index is -2.20. The number of carbonyl (C=O) groups excluding carboxylic acids is 14. The molecule has 7 saturated heterocycles. The Kier molecular flexibility index (Phi) is 36.9. The highest BCUT2D eigenvalue weighted by molar-refractivity contribution is 14.1. The predicted molar refractivity (Wildman–Crippen MR) is 441 cm³/mol. The van der Waals surface area contributed by atoms with Gasteiger partial charge in [-0.2, -0.15) is 0 Å². The maximum absolute atomic E-state index is 14.4. The van der Waals surface area contributed by atoms with Crippen molar-refractivity contribution in [2.45, 2.75) is 225 Å². The lowest BCUT2D eigenvalue weighted by Crippen LogP contribution is -2.44. The van der Waals surface area contributed by atoms with E-state index in [4.69, 9.17) is 65.5 Å². The van der Waals surface area contributed by atoms with Gasteiger partial charge in [0.25, 0.3) is 0 Å². The first-order valence-corrected chi connectivity index (χ1v) is 43.0. The van der Waals surface area contributed by atoms with Gasteiger partial charge in [-0.1, -0.05) is 116 Å². The van der Waals surface area contributed by atoms with Crippen molar-refractivity contribution in [3.63, 3.8) is 0 Å². The van der Waals surface area contributed by atoms with Crippen LogP contribution in [-0.4, -0.2) is 331 Å². The van der Waals surface area contributed by atoms with Crippen molar-refractivity contribution in [2.24, 2.45) is 32.3 Å². The van der Waals surface area contributed by atoms with Gasteiger partial charge in [-0.05, 0) is 71.1 Å². The van der Waals surface area contributed by atoms with Gasteiger partial charge in [-0.3, -0.25) is 101 Å². The summed E-state index contributed by atoms with van der Waals surface area (Å²) in [7, 11) is 0. The molecule has 14 aliphatic rings. The summed E-state index contributed by atoms with van der Waals surface area (Å²) in [4.78, 5) is 176. The van der Waals surface area contributed by atoms with Gasteiger partial charge in [0.15, 0.2) is 138 Å². The molecule has 14 heterocycles. The third-order valence-electron chi connectivity index (χ3n) is 21.5. The van der Waals surface area contributed by atoms with Crippen molar-refractivity contribution >= 4 is 150 Å². The number of hydrogen-bond donors (Lipinski definition) is 7. The molecule has 14 rings (SSSR count). The fraction of sp³-hybridized carbons (Fsp3) is 0.589. The van der Waals surface area contributed by atoms with E-state index >= 15 is 0 Å². The molecule has 27 atom stereocenters. The SMILES string of the molecule is C=C1O[C@@H](N2C=CC(=O)CC2=O)[C@H](F)[C@@H]1O.CC[C@@]1(N=[N+]=[N-])O[C@@H](N2C=CC(=O)CC2=O)[C@H](F)[C@@H]1C.C[C@H]1[C@@H](F)[C@H](N2C=CC(=O)CC2=O)O[C@@]1(CI)N=[N+]=[N-].O=C1C=CN([C@@H]2O[C@H](CI)[C@@H](O)[C@H]2F)C(=O)C1.O=C1C=CN([C@@H]2O[C@H](CO)[C@@H](O)[C@H]2F)C(=O)C1.[N-]=[N+]=N[C@]1(CI)O[C@@H](N2C=CC(=O)CC2=O)[C@H](F)[C@@H]1O.[N-]=[N+]=N[C@]1(CO)O[C@@H](N2C=CC(=O)CC2=O)[C@H](F)[C@@H]1O. The Hall–Kier alpha value is -9.88. The third kappa shape index (κ3) is 23.1. The summed E-state index contributed by atoms with van der Waals surface area (Å²) in [5, 5.41) is 79.4. The maximum Gasteiger partial charge on any atom is 0.237 e. The summed E-state index contributed by atoms with van der Waals surface area (Å²) in [6.07, 6.45) is -16.7. The number of hydrogen-bond acceptors (Lipinski definition) is 32. The smallest absolute Gasteiger partial charge is 0.237 e. The van der Waals surface area contributed by atoms with Gasteiger partial charge in [0.2, 0.25) is 53.3 Å².